The summed E-state index contributed by atoms with van der Waals surface area (Å²) in [6, 6.07) is 4.02. The molecule has 4 heteroatoms. The van der Waals surface area contributed by atoms with Gasteiger partial charge in [0.15, 0.2) is 0 Å². The SMILES string of the molecule is CC(C)NCCNC(=O)C=Cc1ccco1. The highest BCUT2D eigenvalue weighted by Gasteiger charge is 1.96. The van der Waals surface area contributed by atoms with Crippen molar-refractivity contribution in [3.05, 3.63) is 30.2 Å². The molecule has 1 heterocycles. The summed E-state index contributed by atoms with van der Waals surface area (Å²) >= 11 is 0. The molecular weight excluding hydrogens is 204 g/mol. The summed E-state index contributed by atoms with van der Waals surface area (Å²) in [5.74, 6) is 0.567. The molecule has 1 aromatic heterocycles. The average Bonchev–Trinajstić information content (AvgIpc) is 2.74. The van der Waals surface area contributed by atoms with Gasteiger partial charge in [-0.2, -0.15) is 0 Å². The van der Waals surface area contributed by atoms with Crippen LogP contribution in [0.5, 0.6) is 0 Å². The van der Waals surface area contributed by atoms with E-state index in [1.807, 2.05) is 0 Å². The molecule has 0 aliphatic heterocycles. The van der Waals surface area contributed by atoms with E-state index < -0.39 is 0 Å². The third kappa shape index (κ3) is 5.36. The molecule has 0 aliphatic carbocycles. The molecular formula is C12H18N2O2. The zero-order chi connectivity index (χ0) is 11.8. The molecule has 0 aliphatic rings. The van der Waals surface area contributed by atoms with Crippen molar-refractivity contribution in [3.8, 4) is 0 Å². The lowest BCUT2D eigenvalue weighted by atomic mass is 10.3. The molecule has 0 saturated heterocycles. The maximum Gasteiger partial charge on any atom is 0.244 e. The first-order valence-electron chi connectivity index (χ1n) is 5.41. The smallest absolute Gasteiger partial charge is 0.244 e. The molecule has 0 fully saturated rings. The van der Waals surface area contributed by atoms with Gasteiger partial charge in [0.25, 0.3) is 0 Å². The van der Waals surface area contributed by atoms with Gasteiger partial charge in [0.2, 0.25) is 5.91 Å². The molecule has 0 spiro atoms. The van der Waals surface area contributed by atoms with Crippen molar-refractivity contribution >= 4 is 12.0 Å². The minimum Gasteiger partial charge on any atom is -0.465 e. The summed E-state index contributed by atoms with van der Waals surface area (Å²) in [6.45, 7) is 5.54. The summed E-state index contributed by atoms with van der Waals surface area (Å²) < 4.78 is 5.06. The second kappa shape index (κ2) is 6.85. The van der Waals surface area contributed by atoms with Crippen LogP contribution in [-0.2, 0) is 4.79 Å². The first-order valence-corrected chi connectivity index (χ1v) is 5.41. The van der Waals surface area contributed by atoms with Crippen LogP contribution in [0.1, 0.15) is 19.6 Å². The summed E-state index contributed by atoms with van der Waals surface area (Å²) in [5, 5.41) is 5.98. The van der Waals surface area contributed by atoms with E-state index in [-0.39, 0.29) is 5.91 Å². The van der Waals surface area contributed by atoms with Crippen LogP contribution in [0.4, 0.5) is 0 Å². The second-order valence-corrected chi connectivity index (χ2v) is 3.75. The molecule has 2 N–H and O–H groups in total. The number of rotatable bonds is 6. The topological polar surface area (TPSA) is 54.3 Å². The van der Waals surface area contributed by atoms with E-state index in [2.05, 4.69) is 24.5 Å². The first-order chi connectivity index (χ1) is 7.68. The van der Waals surface area contributed by atoms with Crippen molar-refractivity contribution in [2.24, 2.45) is 0 Å². The highest BCUT2D eigenvalue weighted by atomic mass is 16.3. The van der Waals surface area contributed by atoms with Crippen LogP contribution in [-0.4, -0.2) is 25.0 Å². The number of carbonyl (C=O) groups excluding carboxylic acids is 1. The van der Waals surface area contributed by atoms with E-state index in [4.69, 9.17) is 4.42 Å². The number of nitrogens with one attached hydrogen (secondary N) is 2. The zero-order valence-electron chi connectivity index (χ0n) is 9.69. The van der Waals surface area contributed by atoms with Crippen LogP contribution in [0.15, 0.2) is 28.9 Å². The first kappa shape index (κ1) is 12.5. The van der Waals surface area contributed by atoms with Gasteiger partial charge in [0, 0.05) is 25.2 Å². The molecule has 1 rings (SSSR count). The highest BCUT2D eigenvalue weighted by Crippen LogP contribution is 2.01. The number of hydrogen-bond donors (Lipinski definition) is 2. The van der Waals surface area contributed by atoms with Gasteiger partial charge in [-0.1, -0.05) is 13.8 Å². The molecule has 1 aromatic rings. The molecule has 88 valence electrons. The monoisotopic (exact) mass is 222 g/mol. The fourth-order valence-corrected chi connectivity index (χ4v) is 1.15. The maximum atomic E-state index is 11.3. The van der Waals surface area contributed by atoms with E-state index in [0.29, 0.717) is 18.3 Å². The van der Waals surface area contributed by atoms with Gasteiger partial charge >= 0.3 is 0 Å². The lowest BCUT2D eigenvalue weighted by molar-refractivity contribution is -0.116. The quantitative estimate of drug-likeness (QED) is 0.565. The van der Waals surface area contributed by atoms with Crippen LogP contribution >= 0.6 is 0 Å². The van der Waals surface area contributed by atoms with E-state index in [9.17, 15) is 4.79 Å². The van der Waals surface area contributed by atoms with Gasteiger partial charge in [-0.15, -0.1) is 0 Å². The molecule has 4 nitrogen and oxygen atoms in total. The Morgan fingerprint density at radius 3 is 2.94 bits per heavy atom. The van der Waals surface area contributed by atoms with Crippen molar-refractivity contribution < 1.29 is 9.21 Å². The fraction of sp³-hybridized carbons (Fsp3) is 0.417. The minimum atomic E-state index is -0.109. The Hall–Kier alpha value is -1.55. The summed E-state index contributed by atoms with van der Waals surface area (Å²) in [4.78, 5) is 11.3. The van der Waals surface area contributed by atoms with Crippen molar-refractivity contribution in [1.82, 2.24) is 10.6 Å². The second-order valence-electron chi connectivity index (χ2n) is 3.75. The normalized spacial score (nSPS) is 11.2. The molecule has 0 bridgehead atoms. The standard InChI is InChI=1S/C12H18N2O2/c1-10(2)13-7-8-14-12(15)6-5-11-4-3-9-16-11/h3-6,9-10,13H,7-8H2,1-2H3,(H,14,15). The molecule has 0 saturated carbocycles. The predicted octanol–water partition coefficient (Wildman–Crippen LogP) is 1.41. The Kier molecular flexibility index (Phi) is 5.36. The minimum absolute atomic E-state index is 0.109. The van der Waals surface area contributed by atoms with E-state index in [1.165, 1.54) is 6.08 Å². The Bertz CT molecular complexity index is 329. The molecule has 16 heavy (non-hydrogen) atoms. The van der Waals surface area contributed by atoms with E-state index in [1.54, 1.807) is 24.5 Å². The lowest BCUT2D eigenvalue weighted by Gasteiger charge is -2.07. The third-order valence-electron chi connectivity index (χ3n) is 1.92. The Balaban J connectivity index is 2.16. The third-order valence-corrected chi connectivity index (χ3v) is 1.92. The molecule has 0 aromatic carbocycles. The Labute approximate surface area is 95.7 Å². The Morgan fingerprint density at radius 2 is 2.31 bits per heavy atom. The van der Waals surface area contributed by atoms with Crippen LogP contribution in [0, 0.1) is 0 Å². The highest BCUT2D eigenvalue weighted by molar-refractivity contribution is 5.91. The van der Waals surface area contributed by atoms with Gasteiger partial charge < -0.3 is 15.1 Å². The van der Waals surface area contributed by atoms with Crippen LogP contribution in [0.3, 0.4) is 0 Å². The van der Waals surface area contributed by atoms with Crippen molar-refractivity contribution in [2.45, 2.75) is 19.9 Å². The molecule has 0 radical (unpaired) electrons. The maximum absolute atomic E-state index is 11.3. The number of amides is 1. The van der Waals surface area contributed by atoms with Crippen LogP contribution < -0.4 is 10.6 Å². The van der Waals surface area contributed by atoms with Crippen molar-refractivity contribution in [2.75, 3.05) is 13.1 Å². The molecule has 1 amide bonds. The molecule has 0 atom stereocenters. The number of carbonyl (C=O) groups is 1. The van der Waals surface area contributed by atoms with Gasteiger partial charge in [0.1, 0.15) is 5.76 Å². The van der Waals surface area contributed by atoms with Crippen molar-refractivity contribution in [1.29, 1.82) is 0 Å². The van der Waals surface area contributed by atoms with Gasteiger partial charge in [0.05, 0.1) is 6.26 Å². The van der Waals surface area contributed by atoms with E-state index >= 15 is 0 Å². The van der Waals surface area contributed by atoms with Crippen molar-refractivity contribution in [3.63, 3.8) is 0 Å². The zero-order valence-corrected chi connectivity index (χ0v) is 9.69. The van der Waals surface area contributed by atoms with Crippen LogP contribution in [0.2, 0.25) is 0 Å². The number of furan rings is 1. The van der Waals surface area contributed by atoms with Gasteiger partial charge in [-0.3, -0.25) is 4.79 Å². The van der Waals surface area contributed by atoms with E-state index in [0.717, 1.165) is 6.54 Å². The lowest BCUT2D eigenvalue weighted by Crippen LogP contribution is -2.33. The summed E-state index contributed by atoms with van der Waals surface area (Å²) in [5.41, 5.74) is 0. The summed E-state index contributed by atoms with van der Waals surface area (Å²) in [7, 11) is 0. The molecule has 0 unspecified atom stereocenters. The number of hydrogen-bond acceptors (Lipinski definition) is 3. The van der Waals surface area contributed by atoms with Gasteiger partial charge in [-0.25, -0.2) is 0 Å². The fourth-order valence-electron chi connectivity index (χ4n) is 1.15. The predicted molar refractivity (Wildman–Crippen MR) is 63.9 cm³/mol. The largest absolute Gasteiger partial charge is 0.465 e. The Morgan fingerprint density at radius 1 is 1.50 bits per heavy atom. The van der Waals surface area contributed by atoms with Crippen LogP contribution in [0.25, 0.3) is 6.08 Å². The summed E-state index contributed by atoms with van der Waals surface area (Å²) in [6.07, 6.45) is 4.68. The average molecular weight is 222 g/mol. The van der Waals surface area contributed by atoms with Gasteiger partial charge in [-0.05, 0) is 18.2 Å².